The van der Waals surface area contributed by atoms with E-state index in [-0.39, 0.29) is 43.3 Å². The van der Waals surface area contributed by atoms with Gasteiger partial charge >= 0.3 is 6.03 Å². The molecular formula is C25H30FN5O3S. The molecule has 2 aromatic carbocycles. The molecule has 0 saturated carbocycles. The van der Waals surface area contributed by atoms with Crippen LogP contribution in [-0.4, -0.2) is 82.0 Å². The fourth-order valence-electron chi connectivity index (χ4n) is 4.62. The smallest absolute Gasteiger partial charge is 0.333 e. The molecule has 2 saturated heterocycles. The standard InChI is InChI=1S/C25H30FN5O3S/c1-28-17-23(32)30-21(12-13-35-2)24(33)29(15-19-6-4-3-5-7-19)16-22(30)31(28)25(34)27-14-18-8-10-20(26)11-9-18/h3-11,21-22H,12-17H2,1-2H3,(H,27,34)/t21-,22?/m0/s1. The van der Waals surface area contributed by atoms with Gasteiger partial charge in [0.05, 0.1) is 13.1 Å². The van der Waals surface area contributed by atoms with Gasteiger partial charge in [0.2, 0.25) is 11.8 Å². The molecule has 0 aliphatic carbocycles. The predicted molar refractivity (Wildman–Crippen MR) is 132 cm³/mol. The lowest BCUT2D eigenvalue weighted by atomic mass is 10.0. The molecule has 4 amide bonds. The minimum Gasteiger partial charge on any atom is -0.333 e. The van der Waals surface area contributed by atoms with Crippen LogP contribution >= 0.6 is 11.8 Å². The van der Waals surface area contributed by atoms with Gasteiger partial charge in [-0.25, -0.2) is 19.2 Å². The Labute approximate surface area is 209 Å². The van der Waals surface area contributed by atoms with E-state index < -0.39 is 12.2 Å². The lowest BCUT2D eigenvalue weighted by Crippen LogP contribution is -2.75. The maximum atomic E-state index is 13.5. The Kier molecular flexibility index (Phi) is 7.92. The van der Waals surface area contributed by atoms with E-state index in [1.165, 1.54) is 17.1 Å². The van der Waals surface area contributed by atoms with Gasteiger partial charge in [0, 0.05) is 20.1 Å². The number of rotatable bonds is 7. The Morgan fingerprint density at radius 1 is 1.09 bits per heavy atom. The van der Waals surface area contributed by atoms with Crippen molar-refractivity contribution in [3.8, 4) is 0 Å². The molecule has 1 unspecified atom stereocenters. The summed E-state index contributed by atoms with van der Waals surface area (Å²) in [5, 5.41) is 6.01. The largest absolute Gasteiger partial charge is 0.334 e. The molecule has 2 fully saturated rings. The molecule has 2 aliphatic heterocycles. The van der Waals surface area contributed by atoms with Crippen molar-refractivity contribution in [1.82, 2.24) is 25.1 Å². The third-order valence-corrected chi connectivity index (χ3v) is 6.96. The van der Waals surface area contributed by atoms with E-state index in [1.54, 1.807) is 45.8 Å². The SMILES string of the molecule is CSCC[C@H]1C(=O)N(Cc2ccccc2)CC2N1C(=O)CN(C)N2C(=O)NCc1ccc(F)cc1. The van der Waals surface area contributed by atoms with E-state index in [1.807, 2.05) is 36.6 Å². The number of urea groups is 1. The van der Waals surface area contributed by atoms with Crippen LogP contribution in [0.2, 0.25) is 0 Å². The fourth-order valence-corrected chi connectivity index (χ4v) is 5.08. The number of hydrazine groups is 1. The molecule has 186 valence electrons. The van der Waals surface area contributed by atoms with Gasteiger partial charge in [0.25, 0.3) is 0 Å². The quantitative estimate of drug-likeness (QED) is 0.634. The summed E-state index contributed by atoms with van der Waals surface area (Å²) in [4.78, 5) is 43.3. The lowest BCUT2D eigenvalue weighted by molar-refractivity contribution is -0.187. The maximum Gasteiger partial charge on any atom is 0.334 e. The number of nitrogens with zero attached hydrogens (tertiary/aromatic N) is 4. The van der Waals surface area contributed by atoms with E-state index in [2.05, 4.69) is 5.32 Å². The topological polar surface area (TPSA) is 76.2 Å². The minimum atomic E-state index is -0.626. The second-order valence-electron chi connectivity index (χ2n) is 8.73. The van der Waals surface area contributed by atoms with Crippen LogP contribution in [0.15, 0.2) is 54.6 Å². The number of fused-ring (bicyclic) bond motifs is 1. The first-order valence-corrected chi connectivity index (χ1v) is 12.9. The monoisotopic (exact) mass is 499 g/mol. The van der Waals surface area contributed by atoms with E-state index in [4.69, 9.17) is 0 Å². The zero-order chi connectivity index (χ0) is 24.9. The van der Waals surface area contributed by atoms with Crippen molar-refractivity contribution in [2.24, 2.45) is 0 Å². The predicted octanol–water partition coefficient (Wildman–Crippen LogP) is 2.52. The van der Waals surface area contributed by atoms with E-state index in [0.717, 1.165) is 16.9 Å². The first-order valence-electron chi connectivity index (χ1n) is 11.5. The van der Waals surface area contributed by atoms with Crippen molar-refractivity contribution in [2.45, 2.75) is 31.7 Å². The van der Waals surface area contributed by atoms with Crippen molar-refractivity contribution >= 4 is 29.6 Å². The van der Waals surface area contributed by atoms with Crippen molar-refractivity contribution in [3.63, 3.8) is 0 Å². The molecule has 1 N–H and O–H groups in total. The molecule has 2 heterocycles. The van der Waals surface area contributed by atoms with Gasteiger partial charge in [0.1, 0.15) is 18.0 Å². The van der Waals surface area contributed by atoms with Gasteiger partial charge < -0.3 is 15.1 Å². The molecule has 0 spiro atoms. The van der Waals surface area contributed by atoms with Crippen LogP contribution in [-0.2, 0) is 22.7 Å². The Morgan fingerprint density at radius 2 is 1.80 bits per heavy atom. The van der Waals surface area contributed by atoms with Crippen molar-refractivity contribution in [3.05, 3.63) is 71.5 Å². The van der Waals surface area contributed by atoms with Crippen molar-refractivity contribution < 1.29 is 18.8 Å². The third-order valence-electron chi connectivity index (χ3n) is 6.32. The van der Waals surface area contributed by atoms with Crippen LogP contribution in [0.1, 0.15) is 17.5 Å². The number of amides is 4. The molecule has 8 nitrogen and oxygen atoms in total. The summed E-state index contributed by atoms with van der Waals surface area (Å²) >= 11 is 1.62. The highest BCUT2D eigenvalue weighted by Crippen LogP contribution is 2.28. The van der Waals surface area contributed by atoms with Crippen molar-refractivity contribution in [1.29, 1.82) is 0 Å². The Morgan fingerprint density at radius 3 is 2.49 bits per heavy atom. The number of likely N-dealkylation sites (N-methyl/N-ethyl adjacent to an activating group) is 1. The molecule has 0 bridgehead atoms. The summed E-state index contributed by atoms with van der Waals surface area (Å²) in [6.07, 6.45) is 1.86. The molecular weight excluding hydrogens is 469 g/mol. The summed E-state index contributed by atoms with van der Waals surface area (Å²) in [7, 11) is 1.70. The number of hydrogen-bond donors (Lipinski definition) is 1. The second-order valence-corrected chi connectivity index (χ2v) is 9.71. The molecule has 0 radical (unpaired) electrons. The average Bonchev–Trinajstić information content (AvgIpc) is 2.84. The number of benzene rings is 2. The highest BCUT2D eigenvalue weighted by molar-refractivity contribution is 7.98. The molecule has 35 heavy (non-hydrogen) atoms. The van der Waals surface area contributed by atoms with E-state index in [0.29, 0.717) is 13.0 Å². The first-order chi connectivity index (χ1) is 16.9. The Bertz CT molecular complexity index is 1050. The van der Waals surface area contributed by atoms with Gasteiger partial charge in [-0.3, -0.25) is 9.59 Å². The van der Waals surface area contributed by atoms with Gasteiger partial charge in [-0.05, 0) is 41.7 Å². The average molecular weight is 500 g/mol. The number of nitrogens with one attached hydrogen (secondary N) is 1. The molecule has 10 heteroatoms. The Hall–Kier alpha value is -3.11. The van der Waals surface area contributed by atoms with Crippen LogP contribution in [0.3, 0.4) is 0 Å². The molecule has 2 atom stereocenters. The molecule has 2 aromatic rings. The highest BCUT2D eigenvalue weighted by atomic mass is 32.2. The van der Waals surface area contributed by atoms with Gasteiger partial charge in [0.15, 0.2) is 0 Å². The first kappa shape index (κ1) is 25.0. The summed E-state index contributed by atoms with van der Waals surface area (Å²) in [5.74, 6) is 0.118. The van der Waals surface area contributed by atoms with Crippen LogP contribution < -0.4 is 5.32 Å². The van der Waals surface area contributed by atoms with Crippen LogP contribution in [0, 0.1) is 5.82 Å². The van der Waals surface area contributed by atoms with Gasteiger partial charge in [-0.1, -0.05) is 42.5 Å². The summed E-state index contributed by atoms with van der Waals surface area (Å²) in [6.45, 7) is 0.834. The molecule has 0 aromatic heterocycles. The van der Waals surface area contributed by atoms with Gasteiger partial charge in [-0.15, -0.1) is 0 Å². The lowest BCUT2D eigenvalue weighted by Gasteiger charge is -2.54. The normalized spacial score (nSPS) is 20.7. The summed E-state index contributed by atoms with van der Waals surface area (Å²) in [6, 6.07) is 14.6. The molecule has 4 rings (SSSR count). The minimum absolute atomic E-state index is 0.00218. The maximum absolute atomic E-state index is 13.5. The summed E-state index contributed by atoms with van der Waals surface area (Å²) in [5.41, 5.74) is 1.75. The Balaban J connectivity index is 1.58. The zero-order valence-corrected chi connectivity index (χ0v) is 20.7. The molecule has 2 aliphatic rings. The summed E-state index contributed by atoms with van der Waals surface area (Å²) < 4.78 is 13.2. The highest BCUT2D eigenvalue weighted by Gasteiger charge is 2.50. The van der Waals surface area contributed by atoms with Gasteiger partial charge in [-0.2, -0.15) is 11.8 Å². The van der Waals surface area contributed by atoms with Crippen molar-refractivity contribution in [2.75, 3.05) is 32.1 Å². The number of piperazine rings is 1. The van der Waals surface area contributed by atoms with E-state index in [9.17, 15) is 18.8 Å². The number of thioether (sulfide) groups is 1. The number of carbonyl (C=O) groups excluding carboxylic acids is 3. The van der Waals surface area contributed by atoms with Crippen LogP contribution in [0.4, 0.5) is 9.18 Å². The zero-order valence-electron chi connectivity index (χ0n) is 19.9. The van der Waals surface area contributed by atoms with Crippen LogP contribution in [0.5, 0.6) is 0 Å². The number of hydrogen-bond acceptors (Lipinski definition) is 5. The van der Waals surface area contributed by atoms with E-state index >= 15 is 0 Å². The second kappa shape index (κ2) is 11.1. The third kappa shape index (κ3) is 5.59. The fraction of sp³-hybridized carbons (Fsp3) is 0.400. The van der Waals surface area contributed by atoms with Crippen LogP contribution in [0.25, 0.3) is 0 Å². The number of halogens is 1. The number of carbonyl (C=O) groups is 3.